The minimum atomic E-state index is -4.82. The van der Waals surface area contributed by atoms with E-state index in [0.29, 0.717) is 6.07 Å². The Bertz CT molecular complexity index is 1650. The van der Waals surface area contributed by atoms with Crippen molar-refractivity contribution in [2.24, 2.45) is 5.92 Å². The lowest BCUT2D eigenvalue weighted by Crippen LogP contribution is -2.53. The Labute approximate surface area is 244 Å². The molecule has 4 rings (SSSR count). The quantitative estimate of drug-likeness (QED) is 0.347. The van der Waals surface area contributed by atoms with Crippen LogP contribution in [0.4, 0.5) is 27.6 Å². The minimum absolute atomic E-state index is 0.0242. The van der Waals surface area contributed by atoms with Gasteiger partial charge < -0.3 is 15.4 Å². The van der Waals surface area contributed by atoms with Crippen molar-refractivity contribution in [3.63, 3.8) is 0 Å². The van der Waals surface area contributed by atoms with Crippen molar-refractivity contribution in [3.8, 4) is 16.9 Å². The van der Waals surface area contributed by atoms with Crippen LogP contribution in [0.15, 0.2) is 65.6 Å². The van der Waals surface area contributed by atoms with Gasteiger partial charge in [0, 0.05) is 12.5 Å². The minimum Gasteiger partial charge on any atom is -0.484 e. The maximum absolute atomic E-state index is 14.6. The van der Waals surface area contributed by atoms with E-state index in [-0.39, 0.29) is 35.0 Å². The van der Waals surface area contributed by atoms with Crippen molar-refractivity contribution in [1.29, 1.82) is 0 Å². The van der Waals surface area contributed by atoms with Crippen LogP contribution in [0.25, 0.3) is 11.1 Å². The standard InChI is InChI=1S/C29H28F5N3O5S/c1-16(2)27(36-17(3)38)28(39)35-14-21-15-37(43(40,41)22-6-4-5-19(12-22)29(32,33)34)25-11-18(7-10-26(25)42-21)23-13-20(30)8-9-24(23)31/h4-13,16,21,27H,14-15H2,1-3H3,(H,35,39)(H,36,38)/t21?,27-/m1/s1. The van der Waals surface area contributed by atoms with Crippen molar-refractivity contribution in [2.45, 2.75) is 44.0 Å². The van der Waals surface area contributed by atoms with Crippen molar-refractivity contribution < 1.29 is 44.7 Å². The molecule has 14 heteroatoms. The molecule has 0 bridgehead atoms. The maximum Gasteiger partial charge on any atom is 0.416 e. The molecule has 0 fully saturated rings. The molecule has 0 aliphatic carbocycles. The molecule has 1 aliphatic heterocycles. The number of halogens is 5. The number of nitrogens with one attached hydrogen (secondary N) is 2. The van der Waals surface area contributed by atoms with E-state index in [1.165, 1.54) is 25.1 Å². The van der Waals surface area contributed by atoms with Gasteiger partial charge in [-0.25, -0.2) is 17.2 Å². The average molecular weight is 626 g/mol. The van der Waals surface area contributed by atoms with E-state index in [0.717, 1.165) is 40.7 Å². The van der Waals surface area contributed by atoms with Crippen molar-refractivity contribution >= 4 is 27.5 Å². The first-order valence-electron chi connectivity index (χ1n) is 13.1. The second-order valence-electron chi connectivity index (χ2n) is 10.3. The van der Waals surface area contributed by atoms with E-state index in [1.807, 2.05) is 0 Å². The first kappa shape index (κ1) is 31.7. The molecule has 8 nitrogen and oxygen atoms in total. The van der Waals surface area contributed by atoms with Gasteiger partial charge in [0.15, 0.2) is 0 Å². The number of hydrogen-bond donors (Lipinski definition) is 2. The fourth-order valence-electron chi connectivity index (χ4n) is 4.57. The van der Waals surface area contributed by atoms with Gasteiger partial charge in [-0.3, -0.25) is 13.9 Å². The summed E-state index contributed by atoms with van der Waals surface area (Å²) in [7, 11) is -4.68. The fourth-order valence-corrected chi connectivity index (χ4v) is 6.12. The predicted molar refractivity (Wildman–Crippen MR) is 148 cm³/mol. The van der Waals surface area contributed by atoms with Crippen molar-refractivity contribution in [1.82, 2.24) is 10.6 Å². The molecular weight excluding hydrogens is 597 g/mol. The maximum atomic E-state index is 14.6. The highest BCUT2D eigenvalue weighted by molar-refractivity contribution is 7.92. The lowest BCUT2D eigenvalue weighted by atomic mass is 10.0. The number of alkyl halides is 3. The summed E-state index contributed by atoms with van der Waals surface area (Å²) >= 11 is 0. The van der Waals surface area contributed by atoms with Gasteiger partial charge in [0.05, 0.1) is 29.2 Å². The van der Waals surface area contributed by atoms with Crippen LogP contribution < -0.4 is 19.7 Å². The number of hydrogen-bond acceptors (Lipinski definition) is 5. The molecule has 2 atom stereocenters. The number of amides is 2. The second-order valence-corrected chi connectivity index (χ2v) is 12.1. The third-order valence-electron chi connectivity index (χ3n) is 6.69. The molecule has 0 aromatic heterocycles. The van der Waals surface area contributed by atoms with Gasteiger partial charge in [0.25, 0.3) is 10.0 Å². The first-order chi connectivity index (χ1) is 20.1. The van der Waals surface area contributed by atoms with Crippen molar-refractivity contribution in [2.75, 3.05) is 17.4 Å². The van der Waals surface area contributed by atoms with Gasteiger partial charge in [-0.2, -0.15) is 13.2 Å². The van der Waals surface area contributed by atoms with Crippen LogP contribution in [0.1, 0.15) is 26.3 Å². The molecule has 3 aromatic rings. The zero-order valence-electron chi connectivity index (χ0n) is 23.2. The molecule has 1 heterocycles. The van der Waals surface area contributed by atoms with Gasteiger partial charge in [0.1, 0.15) is 29.5 Å². The Morgan fingerprint density at radius 1 is 1.05 bits per heavy atom. The first-order valence-corrected chi connectivity index (χ1v) is 14.5. The summed E-state index contributed by atoms with van der Waals surface area (Å²) in [5, 5.41) is 5.16. The smallest absolute Gasteiger partial charge is 0.416 e. The Hall–Kier alpha value is -4.20. The summed E-state index contributed by atoms with van der Waals surface area (Å²) in [4.78, 5) is 23.7. The Morgan fingerprint density at radius 3 is 2.42 bits per heavy atom. The van der Waals surface area contributed by atoms with E-state index >= 15 is 0 Å². The SMILES string of the molecule is CC(=O)N[C@@H](C(=O)NCC1CN(S(=O)(=O)c2cccc(C(F)(F)F)c2)c2cc(-c3cc(F)ccc3F)ccc2O1)C(C)C. The number of ether oxygens (including phenoxy) is 1. The summed E-state index contributed by atoms with van der Waals surface area (Å²) in [6.07, 6.45) is -5.83. The van der Waals surface area contributed by atoms with Gasteiger partial charge in [0.2, 0.25) is 11.8 Å². The monoisotopic (exact) mass is 625 g/mol. The van der Waals surface area contributed by atoms with Crippen LogP contribution >= 0.6 is 0 Å². The number of benzene rings is 3. The summed E-state index contributed by atoms with van der Waals surface area (Å²) in [6, 6.07) is 8.99. The molecule has 1 aliphatic rings. The van der Waals surface area contributed by atoms with E-state index in [1.54, 1.807) is 13.8 Å². The Morgan fingerprint density at radius 2 is 1.77 bits per heavy atom. The Kier molecular flexibility index (Phi) is 9.00. The highest BCUT2D eigenvalue weighted by atomic mass is 32.2. The number of carbonyl (C=O) groups is 2. The van der Waals surface area contributed by atoms with Crippen LogP contribution in [0.3, 0.4) is 0 Å². The largest absolute Gasteiger partial charge is 0.484 e. The number of carbonyl (C=O) groups excluding carboxylic acids is 2. The number of rotatable bonds is 8. The second kappa shape index (κ2) is 12.2. The summed E-state index contributed by atoms with van der Waals surface area (Å²) in [5.74, 6) is -2.82. The summed E-state index contributed by atoms with van der Waals surface area (Å²) in [5.41, 5.74) is -1.39. The normalized spacial score (nSPS) is 15.8. The summed E-state index contributed by atoms with van der Waals surface area (Å²) < 4.78 is 103. The molecule has 1 unspecified atom stereocenters. The molecule has 0 spiro atoms. The highest BCUT2D eigenvalue weighted by Gasteiger charge is 2.38. The zero-order valence-corrected chi connectivity index (χ0v) is 24.0. The predicted octanol–water partition coefficient (Wildman–Crippen LogP) is 4.88. The molecule has 0 saturated heterocycles. The lowest BCUT2D eigenvalue weighted by molar-refractivity contribution is -0.137. The molecule has 2 N–H and O–H groups in total. The van der Waals surface area contributed by atoms with E-state index in [2.05, 4.69) is 10.6 Å². The Balaban J connectivity index is 1.74. The molecule has 0 saturated carbocycles. The van der Waals surface area contributed by atoms with Crippen LogP contribution in [-0.4, -0.2) is 45.5 Å². The summed E-state index contributed by atoms with van der Waals surface area (Å²) in [6.45, 7) is 4.01. The third kappa shape index (κ3) is 7.07. The molecular formula is C29H28F5N3O5S. The van der Waals surface area contributed by atoms with Crippen LogP contribution in [0, 0.1) is 17.6 Å². The van der Waals surface area contributed by atoms with Crippen LogP contribution in [-0.2, 0) is 25.8 Å². The molecule has 2 amide bonds. The number of anilines is 1. The van der Waals surface area contributed by atoms with Gasteiger partial charge in [-0.05, 0) is 60.0 Å². The molecule has 0 radical (unpaired) electrons. The molecule has 43 heavy (non-hydrogen) atoms. The van der Waals surface area contributed by atoms with Gasteiger partial charge >= 0.3 is 6.18 Å². The number of sulfonamides is 1. The van der Waals surface area contributed by atoms with Crippen molar-refractivity contribution in [3.05, 3.63) is 77.9 Å². The molecule has 3 aromatic carbocycles. The number of nitrogens with zero attached hydrogens (tertiary/aromatic N) is 1. The third-order valence-corrected chi connectivity index (χ3v) is 8.47. The highest BCUT2D eigenvalue weighted by Crippen LogP contribution is 2.41. The van der Waals surface area contributed by atoms with E-state index in [4.69, 9.17) is 4.74 Å². The average Bonchev–Trinajstić information content (AvgIpc) is 2.94. The topological polar surface area (TPSA) is 105 Å². The van der Waals surface area contributed by atoms with Crippen LogP contribution in [0.5, 0.6) is 5.75 Å². The van der Waals surface area contributed by atoms with E-state index < -0.39 is 68.8 Å². The van der Waals surface area contributed by atoms with E-state index in [9.17, 15) is 40.0 Å². The van der Waals surface area contributed by atoms with Gasteiger partial charge in [-0.15, -0.1) is 0 Å². The van der Waals surface area contributed by atoms with Gasteiger partial charge in [-0.1, -0.05) is 26.0 Å². The lowest BCUT2D eigenvalue weighted by Gasteiger charge is -2.36. The number of fused-ring (bicyclic) bond motifs is 1. The van der Waals surface area contributed by atoms with Crippen LogP contribution in [0.2, 0.25) is 0 Å². The molecule has 230 valence electrons. The zero-order chi connectivity index (χ0) is 31.7. The fraction of sp³-hybridized carbons (Fsp3) is 0.310.